The molecule has 1 N–H and O–H groups in total. The molecule has 3 aromatic rings. The molecule has 4 heteroatoms. The number of rotatable bonds is 11. The van der Waals surface area contributed by atoms with E-state index in [0.29, 0.717) is 0 Å². The van der Waals surface area contributed by atoms with Crippen molar-refractivity contribution in [1.29, 1.82) is 0 Å². The van der Waals surface area contributed by atoms with Crippen LogP contribution in [0.25, 0.3) is 22.0 Å². The Labute approximate surface area is 244 Å². The van der Waals surface area contributed by atoms with Gasteiger partial charge in [0.2, 0.25) is 0 Å². The zero-order valence-electron chi connectivity index (χ0n) is 24.4. The number of aliphatic hydroxyl groups is 1. The molecule has 3 nitrogen and oxygen atoms in total. The van der Waals surface area contributed by atoms with Gasteiger partial charge in [-0.1, -0.05) is 73.1 Å². The molecule has 2 aromatic carbocycles. The first kappa shape index (κ1) is 33.7. The van der Waals surface area contributed by atoms with E-state index in [9.17, 15) is 9.90 Å². The number of aromatic nitrogens is 1. The van der Waals surface area contributed by atoms with Crippen LogP contribution in [-0.2, 0) is 31.3 Å². The quantitative estimate of drug-likeness (QED) is 0.124. The third kappa shape index (κ3) is 9.79. The van der Waals surface area contributed by atoms with Gasteiger partial charge < -0.3 is 10.1 Å². The van der Waals surface area contributed by atoms with Crippen molar-refractivity contribution < 1.29 is 30.0 Å². The number of aliphatic hydroxyl groups excluding tert-OH is 1. The van der Waals surface area contributed by atoms with E-state index in [4.69, 9.17) is 0 Å². The summed E-state index contributed by atoms with van der Waals surface area (Å²) in [6.45, 7) is 14.5. The fourth-order valence-corrected chi connectivity index (χ4v) is 4.78. The Bertz CT molecular complexity index is 1160. The number of nitrogens with zero attached hydrogens (tertiary/aromatic N) is 1. The molecular formula is C34H46IrNO2-. The van der Waals surface area contributed by atoms with Gasteiger partial charge in [0.25, 0.3) is 0 Å². The second kappa shape index (κ2) is 17.3. The number of aryl methyl sites for hydroxylation is 3. The van der Waals surface area contributed by atoms with E-state index in [0.717, 1.165) is 48.9 Å². The van der Waals surface area contributed by atoms with Gasteiger partial charge in [-0.15, -0.1) is 34.9 Å². The van der Waals surface area contributed by atoms with Crippen molar-refractivity contribution in [2.24, 2.45) is 11.8 Å². The van der Waals surface area contributed by atoms with Crippen molar-refractivity contribution in [1.82, 2.24) is 4.98 Å². The smallest absolute Gasteiger partial charge is 0.162 e. The van der Waals surface area contributed by atoms with E-state index in [1.54, 1.807) is 0 Å². The van der Waals surface area contributed by atoms with Gasteiger partial charge in [0.05, 0.1) is 5.76 Å². The predicted molar refractivity (Wildman–Crippen MR) is 158 cm³/mol. The first-order valence-electron chi connectivity index (χ1n) is 14.1. The Kier molecular flexibility index (Phi) is 15.4. The summed E-state index contributed by atoms with van der Waals surface area (Å²) in [6, 6.07) is 16.6. The number of unbranched alkanes of at least 4 members (excludes halogenated alkanes) is 1. The molecule has 0 unspecified atom stereocenters. The molecule has 1 radical (unpaired) electrons. The molecule has 0 aliphatic rings. The van der Waals surface area contributed by atoms with Crippen LogP contribution in [-0.4, -0.2) is 15.9 Å². The minimum absolute atomic E-state index is 0. The third-order valence-electron chi connectivity index (χ3n) is 7.13. The number of carbonyl (C=O) groups excluding carboxylic acids is 1. The maximum atomic E-state index is 11.7. The number of ketones is 1. The summed E-state index contributed by atoms with van der Waals surface area (Å²) in [7, 11) is 0. The minimum atomic E-state index is 0. The van der Waals surface area contributed by atoms with Crippen molar-refractivity contribution in [3.8, 4) is 11.3 Å². The first-order valence-corrected chi connectivity index (χ1v) is 14.1. The second-order valence-corrected chi connectivity index (χ2v) is 10.1. The van der Waals surface area contributed by atoms with E-state index in [1.165, 1.54) is 40.8 Å². The maximum Gasteiger partial charge on any atom is 0.162 e. The van der Waals surface area contributed by atoms with Crippen LogP contribution in [0.2, 0.25) is 0 Å². The molecule has 0 aliphatic heterocycles. The largest absolute Gasteiger partial charge is 0.512 e. The fourth-order valence-electron chi connectivity index (χ4n) is 4.78. The van der Waals surface area contributed by atoms with Crippen LogP contribution in [0.1, 0.15) is 89.8 Å². The summed E-state index contributed by atoms with van der Waals surface area (Å²) < 4.78 is 0. The molecule has 38 heavy (non-hydrogen) atoms. The van der Waals surface area contributed by atoms with Crippen LogP contribution >= 0.6 is 0 Å². The average Bonchev–Trinajstić information content (AvgIpc) is 2.88. The summed E-state index contributed by atoms with van der Waals surface area (Å²) in [5.74, 6) is 0.547. The molecule has 1 heterocycles. The molecular weight excluding hydrogens is 647 g/mol. The van der Waals surface area contributed by atoms with E-state index in [-0.39, 0.29) is 43.5 Å². The number of benzene rings is 2. The van der Waals surface area contributed by atoms with E-state index >= 15 is 0 Å². The number of carbonyl (C=O) groups is 1. The van der Waals surface area contributed by atoms with E-state index in [1.807, 2.05) is 33.9 Å². The summed E-state index contributed by atoms with van der Waals surface area (Å²) in [5.41, 5.74) is 5.95. The Morgan fingerprint density at radius 2 is 1.61 bits per heavy atom. The first-order chi connectivity index (χ1) is 17.8. The molecule has 0 amide bonds. The Morgan fingerprint density at radius 1 is 0.947 bits per heavy atom. The summed E-state index contributed by atoms with van der Waals surface area (Å²) in [5, 5.41) is 12.2. The van der Waals surface area contributed by atoms with Gasteiger partial charge in [-0.2, -0.15) is 0 Å². The molecule has 3 rings (SSSR count). The Balaban J connectivity index is 0.000000401. The number of hydrogen-bond donors (Lipinski definition) is 1. The Hall–Kier alpha value is -2.29. The van der Waals surface area contributed by atoms with Gasteiger partial charge >= 0.3 is 0 Å². The molecule has 0 bridgehead atoms. The predicted octanol–water partition coefficient (Wildman–Crippen LogP) is 9.53. The normalized spacial score (nSPS) is 11.3. The van der Waals surface area contributed by atoms with Crippen LogP contribution < -0.4 is 0 Å². The molecule has 1 aromatic heterocycles. The van der Waals surface area contributed by atoms with E-state index < -0.39 is 0 Å². The monoisotopic (exact) mass is 693 g/mol. The maximum absolute atomic E-state index is 11.7. The van der Waals surface area contributed by atoms with Gasteiger partial charge in [-0.3, -0.25) is 4.79 Å². The van der Waals surface area contributed by atoms with E-state index in [2.05, 4.69) is 68.2 Å². The molecule has 0 saturated heterocycles. The fraction of sp³-hybridized carbons (Fsp3) is 0.471. The summed E-state index contributed by atoms with van der Waals surface area (Å²) in [6.07, 6.45) is 10.4. The van der Waals surface area contributed by atoms with Gasteiger partial charge in [-0.05, 0) is 66.6 Å². The van der Waals surface area contributed by atoms with Gasteiger partial charge in [0, 0.05) is 44.2 Å². The zero-order valence-corrected chi connectivity index (χ0v) is 26.8. The second-order valence-electron chi connectivity index (χ2n) is 10.1. The van der Waals surface area contributed by atoms with Crippen molar-refractivity contribution in [2.45, 2.75) is 93.4 Å². The number of hydrogen-bond acceptors (Lipinski definition) is 3. The Morgan fingerprint density at radius 3 is 2.18 bits per heavy atom. The van der Waals surface area contributed by atoms with Gasteiger partial charge in [-0.25, -0.2) is 0 Å². The zero-order chi connectivity index (χ0) is 27.4. The number of fused-ring (bicyclic) bond motifs is 1. The number of pyridine rings is 1. The third-order valence-corrected chi connectivity index (χ3v) is 7.13. The van der Waals surface area contributed by atoms with Crippen LogP contribution in [0.4, 0.5) is 0 Å². The summed E-state index contributed by atoms with van der Waals surface area (Å²) in [4.78, 5) is 16.3. The van der Waals surface area contributed by atoms with Crippen molar-refractivity contribution in [3.63, 3.8) is 0 Å². The summed E-state index contributed by atoms with van der Waals surface area (Å²) >= 11 is 0. The molecule has 0 saturated carbocycles. The van der Waals surface area contributed by atoms with Crippen LogP contribution in [0.5, 0.6) is 0 Å². The average molecular weight is 693 g/mol. The molecule has 0 aliphatic carbocycles. The van der Waals surface area contributed by atoms with Crippen molar-refractivity contribution >= 4 is 16.6 Å². The van der Waals surface area contributed by atoms with Crippen LogP contribution in [0, 0.1) is 31.7 Å². The molecule has 0 atom stereocenters. The molecule has 0 fully saturated rings. The van der Waals surface area contributed by atoms with Crippen molar-refractivity contribution in [2.75, 3.05) is 0 Å². The molecule has 209 valence electrons. The topological polar surface area (TPSA) is 50.2 Å². The number of allylic oxidation sites excluding steroid dienone is 2. The van der Waals surface area contributed by atoms with Crippen LogP contribution in [0.15, 0.2) is 54.4 Å². The van der Waals surface area contributed by atoms with Crippen molar-refractivity contribution in [3.05, 3.63) is 77.2 Å². The van der Waals surface area contributed by atoms with Gasteiger partial charge in [0.15, 0.2) is 5.78 Å². The van der Waals surface area contributed by atoms with Crippen LogP contribution in [0.3, 0.4) is 0 Å². The van der Waals surface area contributed by atoms with Gasteiger partial charge in [0.1, 0.15) is 0 Å². The molecule has 0 spiro atoms. The standard InChI is InChI=1S/C21H22N.C13H24O2.Ir/c1-4-5-6-17-7-8-20-18(14-17)9-10-22-21(20)19-12-15(2)11-16(3)13-19;1-5-10(6-2)12(14)9-13(15)11(7-3)8-4;/h7-12,14H,4-6H2,1-3H3;9-11,14H,5-8H2,1-4H3;/q-1;;/b;12-9-;. The minimum Gasteiger partial charge on any atom is -0.512 e. The SMILES string of the molecule is CCC(CC)C(=O)/C=C(\O)C(CC)CC.CCCCc1ccc2c(-c3[c-]c(C)cc(C)c3)nccc2c1.[Ir].